The summed E-state index contributed by atoms with van der Waals surface area (Å²) >= 11 is 0. The Kier molecular flexibility index (Phi) is 4.10. The third kappa shape index (κ3) is 3.53. The molecule has 0 aromatic heterocycles. The molecular weight excluding hydrogens is 256 g/mol. The first-order chi connectivity index (χ1) is 9.50. The van der Waals surface area contributed by atoms with E-state index in [0.29, 0.717) is 12.2 Å². The van der Waals surface area contributed by atoms with Crippen LogP contribution in [0.5, 0.6) is 0 Å². The minimum absolute atomic E-state index is 0.0226. The predicted octanol–water partition coefficient (Wildman–Crippen LogP) is 3.03. The molecule has 3 rings (SSSR count). The summed E-state index contributed by atoms with van der Waals surface area (Å²) in [6.07, 6.45) is 7.40. The van der Waals surface area contributed by atoms with Crippen LogP contribution in [0.15, 0.2) is 0 Å². The number of rotatable bonds is 7. The molecule has 0 aromatic rings. The molecule has 3 aliphatic heterocycles. The van der Waals surface area contributed by atoms with E-state index in [0.717, 1.165) is 38.9 Å². The highest BCUT2D eigenvalue weighted by Gasteiger charge is 2.54. The van der Waals surface area contributed by atoms with E-state index < -0.39 is 0 Å². The molecule has 2 unspecified atom stereocenters. The van der Waals surface area contributed by atoms with Crippen LogP contribution in [0.25, 0.3) is 0 Å². The Labute approximate surface area is 122 Å². The van der Waals surface area contributed by atoms with E-state index in [1.165, 1.54) is 12.8 Å². The smallest absolute Gasteiger partial charge is 0.157 e. The van der Waals surface area contributed by atoms with Gasteiger partial charge >= 0.3 is 0 Å². The molecule has 0 spiro atoms. The van der Waals surface area contributed by atoms with Gasteiger partial charge in [-0.1, -0.05) is 0 Å². The zero-order valence-electron chi connectivity index (χ0n) is 13.0. The van der Waals surface area contributed by atoms with Crippen molar-refractivity contribution in [3.05, 3.63) is 0 Å². The Bertz CT molecular complexity index is 337. The van der Waals surface area contributed by atoms with Crippen LogP contribution in [-0.2, 0) is 18.9 Å². The Morgan fingerprint density at radius 2 is 1.85 bits per heavy atom. The first-order valence-corrected chi connectivity index (χ1v) is 8.08. The van der Waals surface area contributed by atoms with Gasteiger partial charge in [0.05, 0.1) is 30.0 Å². The largest absolute Gasteiger partial charge is 0.367 e. The molecule has 0 bridgehead atoms. The van der Waals surface area contributed by atoms with Crippen LogP contribution in [0.1, 0.15) is 59.3 Å². The second-order valence-electron chi connectivity index (χ2n) is 7.12. The lowest BCUT2D eigenvalue weighted by Gasteiger charge is -2.22. The lowest BCUT2D eigenvalue weighted by atomic mass is 9.96. The van der Waals surface area contributed by atoms with Crippen LogP contribution in [0, 0.1) is 0 Å². The van der Waals surface area contributed by atoms with Crippen LogP contribution < -0.4 is 0 Å². The van der Waals surface area contributed by atoms with Gasteiger partial charge in [-0.3, -0.25) is 0 Å². The summed E-state index contributed by atoms with van der Waals surface area (Å²) in [5.41, 5.74) is 0.154. The highest BCUT2D eigenvalue weighted by Crippen LogP contribution is 2.46. The van der Waals surface area contributed by atoms with Crippen LogP contribution >= 0.6 is 0 Å². The molecule has 0 aromatic carbocycles. The average Bonchev–Trinajstić information content (AvgIpc) is 3.25. The molecule has 4 heteroatoms. The van der Waals surface area contributed by atoms with Crippen molar-refractivity contribution in [1.29, 1.82) is 0 Å². The fraction of sp³-hybridized carbons (Fsp3) is 1.00. The molecular formula is C16H28O4. The van der Waals surface area contributed by atoms with Crippen LogP contribution in [0.4, 0.5) is 0 Å². The standard InChI is InChI=1S/C16H28O4/c1-15(2)12(19-15)7-9-16(3)13(20-16)8-11-18-14-6-4-5-10-17-14/h12-14H,4-11H2,1-3H3/t12?,13-,14?,16-/m1/s1. The molecule has 0 amide bonds. The van der Waals surface area contributed by atoms with Crippen molar-refractivity contribution in [1.82, 2.24) is 0 Å². The molecule has 0 saturated carbocycles. The zero-order chi connectivity index (χ0) is 14.2. The molecule has 3 saturated heterocycles. The van der Waals surface area contributed by atoms with Gasteiger partial charge in [-0.2, -0.15) is 0 Å². The zero-order valence-corrected chi connectivity index (χ0v) is 13.0. The number of hydrogen-bond donors (Lipinski definition) is 0. The van der Waals surface area contributed by atoms with Crippen molar-refractivity contribution in [2.75, 3.05) is 13.2 Å². The maximum absolute atomic E-state index is 5.86. The topological polar surface area (TPSA) is 43.5 Å². The molecule has 3 fully saturated rings. The first kappa shape index (κ1) is 14.8. The number of hydrogen-bond acceptors (Lipinski definition) is 4. The van der Waals surface area contributed by atoms with Gasteiger partial charge in [-0.25, -0.2) is 0 Å². The summed E-state index contributed by atoms with van der Waals surface area (Å²) in [6, 6.07) is 0. The summed E-state index contributed by atoms with van der Waals surface area (Å²) in [5, 5.41) is 0. The minimum atomic E-state index is 0.0226. The molecule has 20 heavy (non-hydrogen) atoms. The van der Waals surface area contributed by atoms with Crippen molar-refractivity contribution >= 4 is 0 Å². The fourth-order valence-electron chi connectivity index (χ4n) is 3.18. The molecule has 3 aliphatic rings. The molecule has 4 nitrogen and oxygen atoms in total. The summed E-state index contributed by atoms with van der Waals surface area (Å²) in [4.78, 5) is 0. The molecule has 4 atom stereocenters. The van der Waals surface area contributed by atoms with Crippen molar-refractivity contribution in [3.8, 4) is 0 Å². The fourth-order valence-corrected chi connectivity index (χ4v) is 3.18. The number of ether oxygens (including phenoxy) is 4. The highest BCUT2D eigenvalue weighted by atomic mass is 16.7. The van der Waals surface area contributed by atoms with Gasteiger partial charge in [-0.15, -0.1) is 0 Å². The van der Waals surface area contributed by atoms with Crippen LogP contribution in [0.2, 0.25) is 0 Å². The summed E-state index contributed by atoms with van der Waals surface area (Å²) in [7, 11) is 0. The van der Waals surface area contributed by atoms with Gasteiger partial charge in [0, 0.05) is 6.61 Å². The van der Waals surface area contributed by atoms with Crippen molar-refractivity contribution in [2.24, 2.45) is 0 Å². The Morgan fingerprint density at radius 3 is 2.50 bits per heavy atom. The van der Waals surface area contributed by atoms with E-state index in [-0.39, 0.29) is 17.5 Å². The van der Waals surface area contributed by atoms with Gasteiger partial charge in [0.2, 0.25) is 0 Å². The van der Waals surface area contributed by atoms with Crippen LogP contribution in [-0.4, -0.2) is 42.9 Å². The van der Waals surface area contributed by atoms with E-state index in [1.807, 2.05) is 0 Å². The van der Waals surface area contributed by atoms with E-state index in [4.69, 9.17) is 18.9 Å². The predicted molar refractivity (Wildman–Crippen MR) is 75.6 cm³/mol. The van der Waals surface area contributed by atoms with E-state index in [2.05, 4.69) is 20.8 Å². The second-order valence-corrected chi connectivity index (χ2v) is 7.12. The molecule has 0 aliphatic carbocycles. The maximum Gasteiger partial charge on any atom is 0.157 e. The minimum Gasteiger partial charge on any atom is -0.367 e. The maximum atomic E-state index is 5.86. The van der Waals surface area contributed by atoms with Crippen molar-refractivity contribution in [2.45, 2.75) is 89.0 Å². The molecule has 0 radical (unpaired) electrons. The Hall–Kier alpha value is -0.160. The molecule has 0 N–H and O–H groups in total. The lowest BCUT2D eigenvalue weighted by Crippen LogP contribution is -2.23. The third-order valence-electron chi connectivity index (χ3n) is 4.92. The van der Waals surface area contributed by atoms with Gasteiger partial charge in [0.25, 0.3) is 0 Å². The summed E-state index contributed by atoms with van der Waals surface area (Å²) in [5.74, 6) is 0. The van der Waals surface area contributed by atoms with Crippen LogP contribution in [0.3, 0.4) is 0 Å². The van der Waals surface area contributed by atoms with E-state index in [9.17, 15) is 0 Å². The first-order valence-electron chi connectivity index (χ1n) is 8.08. The average molecular weight is 284 g/mol. The normalized spacial score (nSPS) is 42.5. The van der Waals surface area contributed by atoms with Gasteiger partial charge in [-0.05, 0) is 59.3 Å². The van der Waals surface area contributed by atoms with Gasteiger partial charge in [0.1, 0.15) is 0 Å². The summed E-state index contributed by atoms with van der Waals surface area (Å²) < 4.78 is 22.8. The quantitative estimate of drug-likeness (QED) is 0.674. The van der Waals surface area contributed by atoms with E-state index >= 15 is 0 Å². The van der Waals surface area contributed by atoms with Crippen molar-refractivity contribution < 1.29 is 18.9 Å². The second kappa shape index (κ2) is 5.56. The Balaban J connectivity index is 1.28. The third-order valence-corrected chi connectivity index (χ3v) is 4.92. The van der Waals surface area contributed by atoms with E-state index in [1.54, 1.807) is 0 Å². The monoisotopic (exact) mass is 284 g/mol. The number of epoxide rings is 2. The highest BCUT2D eigenvalue weighted by molar-refractivity contribution is 5.02. The van der Waals surface area contributed by atoms with Gasteiger partial charge < -0.3 is 18.9 Å². The van der Waals surface area contributed by atoms with Crippen molar-refractivity contribution in [3.63, 3.8) is 0 Å². The SMILES string of the molecule is CC1(C)OC1CC[C@@]1(C)O[C@@H]1CCOC1CCCCO1. The Morgan fingerprint density at radius 1 is 1.05 bits per heavy atom. The molecule has 116 valence electrons. The van der Waals surface area contributed by atoms with Gasteiger partial charge in [0.15, 0.2) is 6.29 Å². The lowest BCUT2D eigenvalue weighted by molar-refractivity contribution is -0.163. The summed E-state index contributed by atoms with van der Waals surface area (Å²) in [6.45, 7) is 8.12. The molecule has 3 heterocycles.